The van der Waals surface area contributed by atoms with E-state index in [1.807, 2.05) is 23.8 Å². The number of hydrogen-bond donors (Lipinski definition) is 2. The standard InChI is InChI=1S/C21H23N7O/c1-13-11-27(5-6-29-13)15-4-3-14-7-19(26-28(14)12-15)17-9-25-21(23-2)18-10-24-20(22)8-16(17)18/h3-4,7-10,12-13H,5-6,11H2,1-2H3,(H2,22,24)(H,23,25). The molecule has 1 atom stereocenters. The van der Waals surface area contributed by atoms with Crippen LogP contribution in [0.3, 0.4) is 0 Å². The molecule has 1 aliphatic rings. The predicted octanol–water partition coefficient (Wildman–Crippen LogP) is 2.79. The molecule has 4 aromatic heterocycles. The van der Waals surface area contributed by atoms with Crippen LogP contribution in [-0.2, 0) is 4.74 Å². The van der Waals surface area contributed by atoms with Gasteiger partial charge in [-0.05, 0) is 31.2 Å². The molecule has 0 spiro atoms. The van der Waals surface area contributed by atoms with Crippen molar-refractivity contribution >= 4 is 33.6 Å². The number of nitrogens with two attached hydrogens (primary N) is 1. The first-order valence-electron chi connectivity index (χ1n) is 9.71. The Hall–Kier alpha value is -3.39. The average Bonchev–Trinajstić information content (AvgIpc) is 3.15. The summed E-state index contributed by atoms with van der Waals surface area (Å²) in [6.07, 6.45) is 5.89. The van der Waals surface area contributed by atoms with Gasteiger partial charge in [0.2, 0.25) is 0 Å². The Morgan fingerprint density at radius 3 is 2.90 bits per heavy atom. The molecule has 0 radical (unpaired) electrons. The van der Waals surface area contributed by atoms with Crippen LogP contribution in [0.1, 0.15) is 6.92 Å². The molecule has 8 nitrogen and oxygen atoms in total. The molecule has 0 aliphatic carbocycles. The number of nitrogen functional groups attached to an aromatic ring is 1. The average molecular weight is 389 g/mol. The van der Waals surface area contributed by atoms with Gasteiger partial charge in [-0.3, -0.25) is 0 Å². The number of ether oxygens (including phenoxy) is 1. The van der Waals surface area contributed by atoms with Gasteiger partial charge in [0.05, 0.1) is 35.8 Å². The summed E-state index contributed by atoms with van der Waals surface area (Å²) < 4.78 is 7.58. The molecule has 29 heavy (non-hydrogen) atoms. The Morgan fingerprint density at radius 1 is 1.17 bits per heavy atom. The van der Waals surface area contributed by atoms with Gasteiger partial charge in [0.15, 0.2) is 0 Å². The number of rotatable bonds is 3. The quantitative estimate of drug-likeness (QED) is 0.556. The van der Waals surface area contributed by atoms with Crippen LogP contribution in [0.15, 0.2) is 42.9 Å². The smallest absolute Gasteiger partial charge is 0.135 e. The van der Waals surface area contributed by atoms with Crippen molar-refractivity contribution in [3.05, 3.63) is 42.9 Å². The number of anilines is 3. The second kappa shape index (κ2) is 6.89. The van der Waals surface area contributed by atoms with Gasteiger partial charge in [-0.15, -0.1) is 0 Å². The molecule has 148 valence electrons. The van der Waals surface area contributed by atoms with Crippen molar-refractivity contribution in [2.24, 2.45) is 0 Å². The van der Waals surface area contributed by atoms with Crippen LogP contribution in [0.25, 0.3) is 27.5 Å². The van der Waals surface area contributed by atoms with E-state index in [-0.39, 0.29) is 6.10 Å². The van der Waals surface area contributed by atoms with E-state index in [2.05, 4.69) is 51.5 Å². The maximum absolute atomic E-state index is 5.96. The highest BCUT2D eigenvalue weighted by atomic mass is 16.5. The van der Waals surface area contributed by atoms with E-state index in [9.17, 15) is 0 Å². The SMILES string of the molecule is CNc1ncc(-c2cc3ccc(N4CCOC(C)C4)cn3n2)c2cc(N)ncc12. The van der Waals surface area contributed by atoms with E-state index in [1.165, 1.54) is 0 Å². The molecule has 0 bridgehead atoms. The zero-order chi connectivity index (χ0) is 20.0. The second-order valence-corrected chi connectivity index (χ2v) is 7.34. The van der Waals surface area contributed by atoms with Crippen LogP contribution in [-0.4, -0.2) is 52.4 Å². The fourth-order valence-electron chi connectivity index (χ4n) is 3.90. The Morgan fingerprint density at radius 2 is 2.07 bits per heavy atom. The summed E-state index contributed by atoms with van der Waals surface area (Å²) >= 11 is 0. The van der Waals surface area contributed by atoms with Crippen molar-refractivity contribution in [3.8, 4) is 11.3 Å². The van der Waals surface area contributed by atoms with Crippen molar-refractivity contribution in [1.82, 2.24) is 19.6 Å². The Kier molecular flexibility index (Phi) is 4.21. The number of nitrogens with one attached hydrogen (secondary N) is 1. The first-order valence-corrected chi connectivity index (χ1v) is 9.71. The molecule has 1 saturated heterocycles. The van der Waals surface area contributed by atoms with E-state index in [1.54, 1.807) is 6.20 Å². The molecular formula is C21H23N7O. The third kappa shape index (κ3) is 3.11. The molecular weight excluding hydrogens is 366 g/mol. The molecule has 0 saturated carbocycles. The highest BCUT2D eigenvalue weighted by Crippen LogP contribution is 2.32. The van der Waals surface area contributed by atoms with Gasteiger partial charge >= 0.3 is 0 Å². The molecule has 4 aromatic rings. The van der Waals surface area contributed by atoms with Gasteiger partial charge in [0.25, 0.3) is 0 Å². The molecule has 8 heteroatoms. The zero-order valence-electron chi connectivity index (χ0n) is 16.5. The third-order valence-corrected chi connectivity index (χ3v) is 5.36. The summed E-state index contributed by atoms with van der Waals surface area (Å²) in [5.74, 6) is 1.24. The number of pyridine rings is 3. The van der Waals surface area contributed by atoms with Gasteiger partial charge in [-0.1, -0.05) is 0 Å². The molecule has 1 unspecified atom stereocenters. The maximum Gasteiger partial charge on any atom is 0.135 e. The third-order valence-electron chi connectivity index (χ3n) is 5.36. The topological polar surface area (TPSA) is 93.6 Å². The molecule has 5 heterocycles. The van der Waals surface area contributed by atoms with Crippen molar-refractivity contribution in [2.45, 2.75) is 13.0 Å². The van der Waals surface area contributed by atoms with Crippen molar-refractivity contribution in [1.29, 1.82) is 0 Å². The van der Waals surface area contributed by atoms with E-state index in [0.717, 1.165) is 58.7 Å². The molecule has 0 aromatic carbocycles. The predicted molar refractivity (Wildman–Crippen MR) is 115 cm³/mol. The summed E-state index contributed by atoms with van der Waals surface area (Å²) in [5, 5.41) is 9.83. The summed E-state index contributed by atoms with van der Waals surface area (Å²) in [6, 6.07) is 8.18. The van der Waals surface area contributed by atoms with E-state index in [4.69, 9.17) is 15.6 Å². The molecule has 3 N–H and O–H groups in total. The minimum atomic E-state index is 0.231. The monoisotopic (exact) mass is 389 g/mol. The molecule has 1 fully saturated rings. The summed E-state index contributed by atoms with van der Waals surface area (Å²) in [7, 11) is 1.84. The first kappa shape index (κ1) is 17.7. The van der Waals surface area contributed by atoms with E-state index >= 15 is 0 Å². The lowest BCUT2D eigenvalue weighted by atomic mass is 10.1. The number of hydrogen-bond acceptors (Lipinski definition) is 7. The molecule has 0 amide bonds. The van der Waals surface area contributed by atoms with Crippen LogP contribution in [0.4, 0.5) is 17.3 Å². The van der Waals surface area contributed by atoms with Gasteiger partial charge in [-0.2, -0.15) is 5.10 Å². The highest BCUT2D eigenvalue weighted by molar-refractivity contribution is 6.02. The number of morpholine rings is 1. The van der Waals surface area contributed by atoms with E-state index in [0.29, 0.717) is 5.82 Å². The lowest BCUT2D eigenvalue weighted by molar-refractivity contribution is 0.0532. The van der Waals surface area contributed by atoms with E-state index < -0.39 is 0 Å². The van der Waals surface area contributed by atoms with Crippen molar-refractivity contribution in [2.75, 3.05) is 42.7 Å². The van der Waals surface area contributed by atoms with Crippen LogP contribution >= 0.6 is 0 Å². The minimum Gasteiger partial charge on any atom is -0.384 e. The summed E-state index contributed by atoms with van der Waals surface area (Å²) in [5.41, 5.74) is 9.91. The van der Waals surface area contributed by atoms with Crippen LogP contribution in [0.2, 0.25) is 0 Å². The lowest BCUT2D eigenvalue weighted by Gasteiger charge is -2.32. The molecule has 5 rings (SSSR count). The van der Waals surface area contributed by atoms with Crippen LogP contribution in [0.5, 0.6) is 0 Å². The van der Waals surface area contributed by atoms with Gasteiger partial charge in [0.1, 0.15) is 11.6 Å². The second-order valence-electron chi connectivity index (χ2n) is 7.34. The minimum absolute atomic E-state index is 0.231. The number of nitrogens with zero attached hydrogens (tertiary/aromatic N) is 5. The Labute approximate surface area is 168 Å². The van der Waals surface area contributed by atoms with Crippen LogP contribution < -0.4 is 16.0 Å². The highest BCUT2D eigenvalue weighted by Gasteiger charge is 2.18. The Bertz CT molecular complexity index is 1200. The van der Waals surface area contributed by atoms with Crippen molar-refractivity contribution in [3.63, 3.8) is 0 Å². The largest absolute Gasteiger partial charge is 0.384 e. The van der Waals surface area contributed by atoms with Gasteiger partial charge < -0.3 is 20.7 Å². The van der Waals surface area contributed by atoms with Crippen molar-refractivity contribution < 1.29 is 4.74 Å². The fraction of sp³-hybridized carbons (Fsp3) is 0.286. The normalized spacial score (nSPS) is 17.2. The lowest BCUT2D eigenvalue weighted by Crippen LogP contribution is -2.41. The Balaban J connectivity index is 1.60. The first-order chi connectivity index (χ1) is 14.1. The zero-order valence-corrected chi connectivity index (χ0v) is 16.5. The summed E-state index contributed by atoms with van der Waals surface area (Å²) in [6.45, 7) is 4.61. The number of aromatic nitrogens is 4. The van der Waals surface area contributed by atoms with Crippen LogP contribution in [0, 0.1) is 0 Å². The fourth-order valence-corrected chi connectivity index (χ4v) is 3.90. The van der Waals surface area contributed by atoms with Gasteiger partial charge in [-0.25, -0.2) is 14.5 Å². The summed E-state index contributed by atoms with van der Waals surface area (Å²) in [4.78, 5) is 11.1. The molecule has 1 aliphatic heterocycles. The number of fused-ring (bicyclic) bond motifs is 2. The van der Waals surface area contributed by atoms with Gasteiger partial charge in [0, 0.05) is 48.9 Å². The maximum atomic E-state index is 5.96.